The number of aromatic amines is 1. The third-order valence-corrected chi connectivity index (χ3v) is 5.39. The maximum atomic E-state index is 13.0. The molecule has 1 fully saturated rings. The maximum Gasteiger partial charge on any atom is 0.263 e. The number of ether oxygens (including phenoxy) is 1. The maximum absolute atomic E-state index is 13.0. The second-order valence-electron chi connectivity index (χ2n) is 6.81. The molecule has 1 aromatic heterocycles. The Bertz CT molecular complexity index is 943. The zero-order chi connectivity index (χ0) is 19.5. The van der Waals surface area contributed by atoms with Crippen molar-refractivity contribution in [2.24, 2.45) is 0 Å². The van der Waals surface area contributed by atoms with Gasteiger partial charge in [-0.15, -0.1) is 0 Å². The Labute approximate surface area is 172 Å². The monoisotopic (exact) mass is 440 g/mol. The summed E-state index contributed by atoms with van der Waals surface area (Å²) in [6, 6.07) is 17.2. The van der Waals surface area contributed by atoms with Gasteiger partial charge in [-0.05, 0) is 44.0 Å². The highest BCUT2D eigenvalue weighted by atomic mass is 79.9. The molecule has 0 bridgehead atoms. The number of hydrogen-bond donors (Lipinski definition) is 1. The summed E-state index contributed by atoms with van der Waals surface area (Å²) in [6.45, 7) is 2.48. The standard InChI is InChI=1S/C21H21BrN4O2/c1-14(28-17-11-9-16(22)10-12-17)21(27)26-13-5-8-18(26)20-23-19(24-25-20)15-6-3-2-4-7-15/h2-4,6-7,9-12,14,18H,5,8,13H2,1H3,(H,23,24,25)/t14-,18+/m0/s1. The third-order valence-electron chi connectivity index (χ3n) is 4.86. The molecule has 0 spiro atoms. The predicted octanol–water partition coefficient (Wildman–Crippen LogP) is 4.37. The van der Waals surface area contributed by atoms with E-state index >= 15 is 0 Å². The summed E-state index contributed by atoms with van der Waals surface area (Å²) in [5.41, 5.74) is 0.952. The molecule has 144 valence electrons. The number of hydrogen-bond acceptors (Lipinski definition) is 4. The van der Waals surface area contributed by atoms with Crippen LogP contribution in [0.3, 0.4) is 0 Å². The van der Waals surface area contributed by atoms with E-state index in [2.05, 4.69) is 31.1 Å². The lowest BCUT2D eigenvalue weighted by Gasteiger charge is -2.26. The highest BCUT2D eigenvalue weighted by Crippen LogP contribution is 2.31. The number of rotatable bonds is 5. The summed E-state index contributed by atoms with van der Waals surface area (Å²) >= 11 is 3.40. The Morgan fingerprint density at radius 1 is 1.21 bits per heavy atom. The average Bonchev–Trinajstić information content (AvgIpc) is 3.39. The molecule has 6 nitrogen and oxygen atoms in total. The molecular formula is C21H21BrN4O2. The molecule has 1 N–H and O–H groups in total. The molecule has 1 aliphatic rings. The molecule has 2 atom stereocenters. The fourth-order valence-corrected chi connectivity index (χ4v) is 3.72. The number of carbonyl (C=O) groups excluding carboxylic acids is 1. The van der Waals surface area contributed by atoms with Crippen molar-refractivity contribution in [3.63, 3.8) is 0 Å². The molecule has 7 heteroatoms. The number of halogens is 1. The predicted molar refractivity (Wildman–Crippen MR) is 110 cm³/mol. The van der Waals surface area contributed by atoms with Gasteiger partial charge >= 0.3 is 0 Å². The first-order valence-electron chi connectivity index (χ1n) is 9.32. The summed E-state index contributed by atoms with van der Waals surface area (Å²) in [6.07, 6.45) is 1.22. The van der Waals surface area contributed by atoms with Crippen molar-refractivity contribution in [3.05, 3.63) is 64.9 Å². The minimum Gasteiger partial charge on any atom is -0.481 e. The largest absolute Gasteiger partial charge is 0.481 e. The Kier molecular flexibility index (Phi) is 5.43. The fraction of sp³-hybridized carbons (Fsp3) is 0.286. The molecule has 4 rings (SSSR count). The van der Waals surface area contributed by atoms with Crippen LogP contribution in [0, 0.1) is 0 Å². The van der Waals surface area contributed by atoms with Gasteiger partial charge in [-0.25, -0.2) is 4.98 Å². The van der Waals surface area contributed by atoms with Gasteiger partial charge in [0, 0.05) is 16.6 Å². The van der Waals surface area contributed by atoms with Crippen LogP contribution in [-0.2, 0) is 4.79 Å². The van der Waals surface area contributed by atoms with Crippen molar-refractivity contribution in [1.82, 2.24) is 20.1 Å². The van der Waals surface area contributed by atoms with Gasteiger partial charge in [0.1, 0.15) is 11.6 Å². The topological polar surface area (TPSA) is 71.1 Å². The highest BCUT2D eigenvalue weighted by Gasteiger charge is 2.35. The van der Waals surface area contributed by atoms with Crippen LogP contribution in [0.4, 0.5) is 0 Å². The second kappa shape index (κ2) is 8.14. The number of amides is 1. The van der Waals surface area contributed by atoms with Gasteiger partial charge in [0.15, 0.2) is 11.9 Å². The van der Waals surface area contributed by atoms with E-state index in [-0.39, 0.29) is 11.9 Å². The summed E-state index contributed by atoms with van der Waals surface area (Å²) in [4.78, 5) is 19.5. The third kappa shape index (κ3) is 3.94. The van der Waals surface area contributed by atoms with Crippen LogP contribution < -0.4 is 4.74 Å². The Morgan fingerprint density at radius 3 is 2.71 bits per heavy atom. The molecule has 0 radical (unpaired) electrons. The molecule has 28 heavy (non-hydrogen) atoms. The van der Waals surface area contributed by atoms with Crippen LogP contribution in [0.5, 0.6) is 5.75 Å². The summed E-state index contributed by atoms with van der Waals surface area (Å²) in [5, 5.41) is 7.36. The lowest BCUT2D eigenvalue weighted by atomic mass is 10.2. The lowest BCUT2D eigenvalue weighted by molar-refractivity contribution is -0.139. The van der Waals surface area contributed by atoms with Crippen LogP contribution in [0.25, 0.3) is 11.4 Å². The number of H-pyrrole nitrogens is 1. The summed E-state index contributed by atoms with van der Waals surface area (Å²) in [5.74, 6) is 2.00. The molecule has 0 aliphatic carbocycles. The molecular weight excluding hydrogens is 420 g/mol. The number of likely N-dealkylation sites (tertiary alicyclic amines) is 1. The number of aromatic nitrogens is 3. The van der Waals surface area contributed by atoms with Gasteiger partial charge in [-0.3, -0.25) is 9.89 Å². The van der Waals surface area contributed by atoms with E-state index in [0.717, 1.165) is 28.7 Å². The van der Waals surface area contributed by atoms with Crippen LogP contribution in [0.1, 0.15) is 31.6 Å². The minimum atomic E-state index is -0.571. The van der Waals surface area contributed by atoms with Crippen LogP contribution in [0.2, 0.25) is 0 Å². The van der Waals surface area contributed by atoms with Gasteiger partial charge < -0.3 is 9.64 Å². The number of nitrogens with zero attached hydrogens (tertiary/aromatic N) is 3. The van der Waals surface area contributed by atoms with E-state index in [0.29, 0.717) is 18.1 Å². The molecule has 2 heterocycles. The van der Waals surface area contributed by atoms with Gasteiger partial charge in [0.2, 0.25) is 0 Å². The van der Waals surface area contributed by atoms with Crippen LogP contribution in [0.15, 0.2) is 59.1 Å². The highest BCUT2D eigenvalue weighted by molar-refractivity contribution is 9.10. The molecule has 0 saturated carbocycles. The first-order chi connectivity index (χ1) is 13.6. The van der Waals surface area contributed by atoms with Crippen LogP contribution in [-0.4, -0.2) is 38.6 Å². The zero-order valence-electron chi connectivity index (χ0n) is 15.5. The van der Waals surface area contributed by atoms with Gasteiger partial charge in [-0.1, -0.05) is 46.3 Å². The molecule has 2 aromatic carbocycles. The zero-order valence-corrected chi connectivity index (χ0v) is 17.1. The van der Waals surface area contributed by atoms with E-state index in [9.17, 15) is 4.79 Å². The van der Waals surface area contributed by atoms with Crippen molar-refractivity contribution >= 4 is 21.8 Å². The van der Waals surface area contributed by atoms with Gasteiger partial charge in [-0.2, -0.15) is 5.10 Å². The molecule has 0 unspecified atom stereocenters. The first-order valence-corrected chi connectivity index (χ1v) is 10.1. The average molecular weight is 441 g/mol. The molecule has 3 aromatic rings. The lowest BCUT2D eigenvalue weighted by Crippen LogP contribution is -2.40. The number of nitrogens with one attached hydrogen (secondary N) is 1. The van der Waals surface area contributed by atoms with Crippen molar-refractivity contribution in [1.29, 1.82) is 0 Å². The molecule has 1 aliphatic heterocycles. The Balaban J connectivity index is 1.48. The van der Waals surface area contributed by atoms with Crippen molar-refractivity contribution < 1.29 is 9.53 Å². The minimum absolute atomic E-state index is 0.0388. The van der Waals surface area contributed by atoms with E-state index in [1.54, 1.807) is 6.92 Å². The Morgan fingerprint density at radius 2 is 1.96 bits per heavy atom. The van der Waals surface area contributed by atoms with Gasteiger partial charge in [0.05, 0.1) is 6.04 Å². The molecule has 1 saturated heterocycles. The second-order valence-corrected chi connectivity index (χ2v) is 7.73. The Hall–Kier alpha value is -2.67. The van der Waals surface area contributed by atoms with Gasteiger partial charge in [0.25, 0.3) is 5.91 Å². The van der Waals surface area contributed by atoms with Crippen molar-refractivity contribution in [2.45, 2.75) is 31.9 Å². The smallest absolute Gasteiger partial charge is 0.263 e. The number of benzene rings is 2. The van der Waals surface area contributed by atoms with E-state index < -0.39 is 6.10 Å². The quantitative estimate of drug-likeness (QED) is 0.639. The molecule has 1 amide bonds. The summed E-state index contributed by atoms with van der Waals surface area (Å²) < 4.78 is 6.81. The fourth-order valence-electron chi connectivity index (χ4n) is 3.46. The van der Waals surface area contributed by atoms with E-state index in [1.807, 2.05) is 59.5 Å². The number of carbonyl (C=O) groups is 1. The van der Waals surface area contributed by atoms with Crippen molar-refractivity contribution in [3.8, 4) is 17.1 Å². The normalized spacial score (nSPS) is 17.5. The van der Waals surface area contributed by atoms with Crippen molar-refractivity contribution in [2.75, 3.05) is 6.54 Å². The SMILES string of the molecule is C[C@H](Oc1ccc(Br)cc1)C(=O)N1CCC[C@@H]1c1nc(-c2ccccc2)n[nH]1. The van der Waals surface area contributed by atoms with Crippen LogP contribution >= 0.6 is 15.9 Å². The van der Waals surface area contributed by atoms with E-state index in [4.69, 9.17) is 4.74 Å². The van der Waals surface area contributed by atoms with E-state index in [1.165, 1.54) is 0 Å². The first kappa shape index (κ1) is 18.7. The summed E-state index contributed by atoms with van der Waals surface area (Å²) in [7, 11) is 0.